The summed E-state index contributed by atoms with van der Waals surface area (Å²) in [7, 11) is 0. The molecule has 9 heteroatoms. The molecule has 0 unspecified atom stereocenters. The van der Waals surface area contributed by atoms with Gasteiger partial charge in [-0.05, 0) is 31.7 Å². The molecule has 1 aromatic heterocycles. The van der Waals surface area contributed by atoms with E-state index in [9.17, 15) is 14.9 Å². The zero-order chi connectivity index (χ0) is 16.6. The molecule has 7 nitrogen and oxygen atoms in total. The van der Waals surface area contributed by atoms with E-state index in [1.54, 1.807) is 19.1 Å². The molecule has 0 fully saturated rings. The third kappa shape index (κ3) is 3.55. The number of amides is 1. The monoisotopic (exact) mass is 368 g/mol. The van der Waals surface area contributed by atoms with Gasteiger partial charge in [-0.25, -0.2) is 4.98 Å². The number of hydrogen-bond donors (Lipinski definition) is 2. The molecule has 1 amide bonds. The molecule has 1 atom stereocenters. The van der Waals surface area contributed by atoms with Gasteiger partial charge in [0.25, 0.3) is 11.6 Å². The highest BCUT2D eigenvalue weighted by atomic mass is 35.5. The Bertz CT molecular complexity index is 793. The van der Waals surface area contributed by atoms with Crippen LogP contribution >= 0.6 is 23.7 Å². The van der Waals surface area contributed by atoms with E-state index in [0.29, 0.717) is 10.7 Å². The number of nitro benzene ring substituents is 1. The minimum atomic E-state index is -0.548. The predicted molar refractivity (Wildman–Crippen MR) is 95.1 cm³/mol. The number of aryl methyl sites for hydroxylation is 2. The molecule has 0 radical (unpaired) electrons. The minimum absolute atomic E-state index is 0. The van der Waals surface area contributed by atoms with Crippen LogP contribution in [0, 0.1) is 17.0 Å². The molecule has 3 N–H and O–H groups in total. The SMILES string of the molecule is Cc1cccc([N+](=O)[O-])c1C(=O)Nc1nc2c(s1)C[C@@H](N)CC2.Cl. The third-order valence-electron chi connectivity index (χ3n) is 3.87. The van der Waals surface area contributed by atoms with Crippen LogP contribution in [0.1, 0.15) is 32.9 Å². The van der Waals surface area contributed by atoms with Crippen LogP contribution in [-0.4, -0.2) is 21.9 Å². The average Bonchev–Trinajstić information content (AvgIpc) is 2.87. The summed E-state index contributed by atoms with van der Waals surface area (Å²) in [6.07, 6.45) is 2.44. The molecule has 0 bridgehead atoms. The van der Waals surface area contributed by atoms with Crippen LogP contribution in [0.5, 0.6) is 0 Å². The summed E-state index contributed by atoms with van der Waals surface area (Å²) in [4.78, 5) is 28.5. The van der Waals surface area contributed by atoms with E-state index in [1.807, 2.05) is 0 Å². The largest absolute Gasteiger partial charge is 0.327 e. The number of nitrogens with two attached hydrogens (primary N) is 1. The molecule has 24 heavy (non-hydrogen) atoms. The number of fused-ring (bicyclic) bond motifs is 1. The highest BCUT2D eigenvalue weighted by Gasteiger charge is 2.25. The van der Waals surface area contributed by atoms with Gasteiger partial charge in [0, 0.05) is 17.0 Å². The van der Waals surface area contributed by atoms with Gasteiger partial charge in [-0.15, -0.1) is 23.7 Å². The van der Waals surface area contributed by atoms with Crippen molar-refractivity contribution < 1.29 is 9.72 Å². The van der Waals surface area contributed by atoms with Crippen molar-refractivity contribution >= 4 is 40.5 Å². The van der Waals surface area contributed by atoms with Crippen molar-refractivity contribution in [3.05, 3.63) is 50.0 Å². The fraction of sp³-hybridized carbons (Fsp3) is 0.333. The Kier molecular flexibility index (Phi) is 5.53. The molecule has 0 spiro atoms. The summed E-state index contributed by atoms with van der Waals surface area (Å²) in [5, 5.41) is 14.3. The second kappa shape index (κ2) is 7.25. The van der Waals surface area contributed by atoms with Crippen molar-refractivity contribution in [2.75, 3.05) is 5.32 Å². The number of aromatic nitrogens is 1. The van der Waals surface area contributed by atoms with Gasteiger partial charge < -0.3 is 5.73 Å². The molecule has 1 aliphatic carbocycles. The second-order valence-corrected chi connectivity index (χ2v) is 6.66. The Labute approximate surface area is 148 Å². The Morgan fingerprint density at radius 3 is 2.96 bits per heavy atom. The minimum Gasteiger partial charge on any atom is -0.327 e. The van der Waals surface area contributed by atoms with E-state index < -0.39 is 10.8 Å². The number of carbonyl (C=O) groups is 1. The molecular formula is C15H17ClN4O3S. The van der Waals surface area contributed by atoms with E-state index in [-0.39, 0.29) is 29.7 Å². The summed E-state index contributed by atoms with van der Waals surface area (Å²) < 4.78 is 0. The molecule has 1 heterocycles. The maximum Gasteiger partial charge on any atom is 0.282 e. The molecule has 0 saturated heterocycles. The molecule has 0 aliphatic heterocycles. The number of halogens is 1. The van der Waals surface area contributed by atoms with Crippen molar-refractivity contribution in [3.63, 3.8) is 0 Å². The van der Waals surface area contributed by atoms with Gasteiger partial charge in [0.15, 0.2) is 5.13 Å². The van der Waals surface area contributed by atoms with Gasteiger partial charge in [-0.2, -0.15) is 0 Å². The van der Waals surface area contributed by atoms with E-state index in [2.05, 4.69) is 10.3 Å². The van der Waals surface area contributed by atoms with Crippen molar-refractivity contribution in [2.45, 2.75) is 32.2 Å². The first-order valence-corrected chi connectivity index (χ1v) is 8.07. The lowest BCUT2D eigenvalue weighted by atomic mass is 9.99. The first-order valence-electron chi connectivity index (χ1n) is 7.25. The third-order valence-corrected chi connectivity index (χ3v) is 4.91. The number of rotatable bonds is 3. The van der Waals surface area contributed by atoms with Crippen LogP contribution in [-0.2, 0) is 12.8 Å². The maximum absolute atomic E-state index is 12.5. The fourth-order valence-corrected chi connectivity index (χ4v) is 3.81. The number of hydrogen-bond acceptors (Lipinski definition) is 6. The zero-order valence-corrected chi connectivity index (χ0v) is 14.6. The van der Waals surface area contributed by atoms with E-state index in [1.165, 1.54) is 17.4 Å². The molecule has 0 saturated carbocycles. The van der Waals surface area contributed by atoms with Crippen molar-refractivity contribution in [2.24, 2.45) is 5.73 Å². The van der Waals surface area contributed by atoms with Crippen LogP contribution in [0.3, 0.4) is 0 Å². The Hall–Kier alpha value is -2.03. The first-order chi connectivity index (χ1) is 11.0. The van der Waals surface area contributed by atoms with Crippen LogP contribution in [0.4, 0.5) is 10.8 Å². The lowest BCUT2D eigenvalue weighted by molar-refractivity contribution is -0.385. The molecule has 1 aliphatic rings. The highest BCUT2D eigenvalue weighted by molar-refractivity contribution is 7.15. The lowest BCUT2D eigenvalue weighted by Gasteiger charge is -2.15. The van der Waals surface area contributed by atoms with Crippen molar-refractivity contribution in [1.29, 1.82) is 0 Å². The Balaban J connectivity index is 0.00000208. The summed E-state index contributed by atoms with van der Waals surface area (Å²) in [6, 6.07) is 4.69. The van der Waals surface area contributed by atoms with Gasteiger partial charge in [-0.3, -0.25) is 20.2 Å². The van der Waals surface area contributed by atoms with Gasteiger partial charge >= 0.3 is 0 Å². The fourth-order valence-electron chi connectivity index (χ4n) is 2.71. The number of nitrogens with zero attached hydrogens (tertiary/aromatic N) is 2. The number of thiazole rings is 1. The van der Waals surface area contributed by atoms with Crippen LogP contribution in [0.15, 0.2) is 18.2 Å². The smallest absolute Gasteiger partial charge is 0.282 e. The van der Waals surface area contributed by atoms with Crippen LogP contribution in [0.25, 0.3) is 0 Å². The maximum atomic E-state index is 12.5. The summed E-state index contributed by atoms with van der Waals surface area (Å²) in [5.74, 6) is -0.509. The van der Waals surface area contributed by atoms with Gasteiger partial charge in [0.2, 0.25) is 0 Å². The lowest BCUT2D eigenvalue weighted by Crippen LogP contribution is -2.27. The number of carbonyl (C=O) groups excluding carboxylic acids is 1. The van der Waals surface area contributed by atoms with Gasteiger partial charge in [0.05, 0.1) is 10.6 Å². The normalized spacial score (nSPS) is 16.0. The highest BCUT2D eigenvalue weighted by Crippen LogP contribution is 2.30. The molecular weight excluding hydrogens is 352 g/mol. The number of nitro groups is 1. The van der Waals surface area contributed by atoms with Gasteiger partial charge in [-0.1, -0.05) is 12.1 Å². The van der Waals surface area contributed by atoms with Crippen LogP contribution < -0.4 is 11.1 Å². The van der Waals surface area contributed by atoms with E-state index >= 15 is 0 Å². The Morgan fingerprint density at radius 2 is 2.25 bits per heavy atom. The number of nitrogens with one attached hydrogen (secondary N) is 1. The molecule has 3 rings (SSSR count). The summed E-state index contributed by atoms with van der Waals surface area (Å²) in [6.45, 7) is 1.67. The van der Waals surface area contributed by atoms with Gasteiger partial charge in [0.1, 0.15) is 5.56 Å². The van der Waals surface area contributed by atoms with Crippen molar-refractivity contribution in [1.82, 2.24) is 4.98 Å². The van der Waals surface area contributed by atoms with E-state index in [0.717, 1.165) is 29.8 Å². The summed E-state index contributed by atoms with van der Waals surface area (Å²) >= 11 is 1.39. The zero-order valence-electron chi connectivity index (χ0n) is 12.9. The van der Waals surface area contributed by atoms with Crippen molar-refractivity contribution in [3.8, 4) is 0 Å². The Morgan fingerprint density at radius 1 is 1.50 bits per heavy atom. The molecule has 128 valence electrons. The van der Waals surface area contributed by atoms with Crippen LogP contribution in [0.2, 0.25) is 0 Å². The van der Waals surface area contributed by atoms with E-state index in [4.69, 9.17) is 5.73 Å². The quantitative estimate of drug-likeness (QED) is 0.639. The molecule has 1 aromatic carbocycles. The molecule has 2 aromatic rings. The number of benzene rings is 1. The summed E-state index contributed by atoms with van der Waals surface area (Å²) in [5.41, 5.74) is 7.33. The first kappa shape index (κ1) is 18.3. The average molecular weight is 369 g/mol. The standard InChI is InChI=1S/C15H16N4O3S.ClH/c1-8-3-2-4-11(19(21)22)13(8)14(20)18-15-17-10-6-5-9(16)7-12(10)23-15;/h2-4,9H,5-7,16H2,1H3,(H,17,18,20);1H/t9-;/m0./s1. The predicted octanol–water partition coefficient (Wildman–Crippen LogP) is 2.85. The topological polar surface area (TPSA) is 111 Å². The number of anilines is 1. The second-order valence-electron chi connectivity index (χ2n) is 5.57.